The van der Waals surface area contributed by atoms with Crippen LogP contribution in [0.4, 0.5) is 8.78 Å². The summed E-state index contributed by atoms with van der Waals surface area (Å²) in [5, 5.41) is 12.0. The van der Waals surface area contributed by atoms with E-state index in [0.29, 0.717) is 12.2 Å². The van der Waals surface area contributed by atoms with Crippen molar-refractivity contribution in [1.82, 2.24) is 5.32 Å². The Morgan fingerprint density at radius 3 is 2.43 bits per heavy atom. The summed E-state index contributed by atoms with van der Waals surface area (Å²) in [5.74, 6) is -1.64. The van der Waals surface area contributed by atoms with Gasteiger partial charge in [0, 0.05) is 0 Å². The van der Waals surface area contributed by atoms with E-state index in [4.69, 9.17) is 9.52 Å². The maximum atomic E-state index is 13.7. The second-order valence-electron chi connectivity index (χ2n) is 5.76. The Balaban J connectivity index is 2.09. The maximum Gasteiger partial charge on any atom is 0.320 e. The van der Waals surface area contributed by atoms with Crippen molar-refractivity contribution in [3.63, 3.8) is 0 Å². The third kappa shape index (κ3) is 4.39. The van der Waals surface area contributed by atoms with Crippen molar-refractivity contribution in [2.75, 3.05) is 0 Å². The van der Waals surface area contributed by atoms with Crippen LogP contribution in [0.5, 0.6) is 0 Å². The molecule has 2 aromatic rings. The van der Waals surface area contributed by atoms with Gasteiger partial charge in [0.05, 0.1) is 12.1 Å². The molecule has 0 fully saturated rings. The maximum absolute atomic E-state index is 13.7. The summed E-state index contributed by atoms with van der Waals surface area (Å²) in [7, 11) is 0. The van der Waals surface area contributed by atoms with Gasteiger partial charge in [0.25, 0.3) is 0 Å². The molecule has 1 aromatic heterocycles. The van der Waals surface area contributed by atoms with Crippen LogP contribution in [0.1, 0.15) is 26.0 Å². The fourth-order valence-electron chi connectivity index (χ4n) is 2.31. The van der Waals surface area contributed by atoms with Crippen LogP contribution in [-0.2, 0) is 11.3 Å². The van der Waals surface area contributed by atoms with Crippen LogP contribution in [0.25, 0.3) is 11.3 Å². The largest absolute Gasteiger partial charge is 0.480 e. The molecule has 0 radical (unpaired) electrons. The molecule has 1 aromatic carbocycles. The quantitative estimate of drug-likeness (QED) is 0.813. The number of hydrogen-bond acceptors (Lipinski definition) is 3. The fraction of sp³-hybridized carbons (Fsp3) is 0.353. The zero-order valence-electron chi connectivity index (χ0n) is 13.0. The second kappa shape index (κ2) is 7.37. The summed E-state index contributed by atoms with van der Waals surface area (Å²) in [6, 6.07) is 5.93. The van der Waals surface area contributed by atoms with Crippen molar-refractivity contribution in [3.05, 3.63) is 47.7 Å². The first-order valence-corrected chi connectivity index (χ1v) is 7.37. The molecule has 0 amide bonds. The summed E-state index contributed by atoms with van der Waals surface area (Å²) < 4.78 is 32.9. The van der Waals surface area contributed by atoms with E-state index in [0.717, 1.165) is 12.1 Å². The number of rotatable bonds is 7. The van der Waals surface area contributed by atoms with E-state index in [1.54, 1.807) is 6.07 Å². The molecule has 23 heavy (non-hydrogen) atoms. The highest BCUT2D eigenvalue weighted by Gasteiger charge is 2.19. The van der Waals surface area contributed by atoms with Gasteiger partial charge in [-0.1, -0.05) is 19.9 Å². The lowest BCUT2D eigenvalue weighted by atomic mass is 10.0. The molecule has 1 heterocycles. The van der Waals surface area contributed by atoms with Crippen LogP contribution in [0.15, 0.2) is 34.7 Å². The van der Waals surface area contributed by atoms with Crippen LogP contribution >= 0.6 is 0 Å². The molecular formula is C17H19F2NO3. The molecule has 6 heteroatoms. The van der Waals surface area contributed by atoms with Crippen molar-refractivity contribution < 1.29 is 23.1 Å². The van der Waals surface area contributed by atoms with Crippen molar-refractivity contribution in [3.8, 4) is 11.3 Å². The number of halogens is 2. The summed E-state index contributed by atoms with van der Waals surface area (Å²) in [6.07, 6.45) is 0.477. The van der Waals surface area contributed by atoms with Gasteiger partial charge >= 0.3 is 5.97 Å². The van der Waals surface area contributed by atoms with Gasteiger partial charge < -0.3 is 9.52 Å². The minimum atomic E-state index is -0.939. The molecule has 4 nitrogen and oxygen atoms in total. The molecule has 0 saturated carbocycles. The van der Waals surface area contributed by atoms with Gasteiger partial charge in [-0.2, -0.15) is 0 Å². The number of aliphatic carboxylic acids is 1. The lowest BCUT2D eigenvalue weighted by molar-refractivity contribution is -0.140. The van der Waals surface area contributed by atoms with Crippen molar-refractivity contribution in [2.45, 2.75) is 32.9 Å². The highest BCUT2D eigenvalue weighted by atomic mass is 19.1. The number of carbonyl (C=O) groups is 1. The van der Waals surface area contributed by atoms with E-state index >= 15 is 0 Å². The van der Waals surface area contributed by atoms with Crippen LogP contribution in [0.3, 0.4) is 0 Å². The molecule has 0 saturated heterocycles. The lowest BCUT2D eigenvalue weighted by Gasteiger charge is -2.15. The van der Waals surface area contributed by atoms with E-state index in [2.05, 4.69) is 5.32 Å². The Labute approximate surface area is 133 Å². The Kier molecular flexibility index (Phi) is 5.50. The van der Waals surface area contributed by atoms with Gasteiger partial charge in [0.15, 0.2) is 0 Å². The third-order valence-electron chi connectivity index (χ3n) is 3.40. The van der Waals surface area contributed by atoms with Gasteiger partial charge in [-0.3, -0.25) is 10.1 Å². The van der Waals surface area contributed by atoms with E-state index < -0.39 is 23.6 Å². The predicted octanol–water partition coefficient (Wildman–Crippen LogP) is 3.81. The zero-order chi connectivity index (χ0) is 17.0. The monoisotopic (exact) mass is 323 g/mol. The molecule has 1 atom stereocenters. The smallest absolute Gasteiger partial charge is 0.320 e. The molecule has 0 spiro atoms. The van der Waals surface area contributed by atoms with Crippen molar-refractivity contribution in [2.24, 2.45) is 5.92 Å². The van der Waals surface area contributed by atoms with Gasteiger partial charge in [-0.05, 0) is 36.6 Å². The predicted molar refractivity (Wildman–Crippen MR) is 81.8 cm³/mol. The summed E-state index contributed by atoms with van der Waals surface area (Å²) in [6.45, 7) is 4.03. The SMILES string of the molecule is CC(C)C[C@@H](NCc1ccc(-c2c(F)cccc2F)o1)C(=O)O. The molecule has 0 unspecified atom stereocenters. The number of benzene rings is 1. The first kappa shape index (κ1) is 17.1. The number of carboxylic acids is 1. The number of hydrogen-bond donors (Lipinski definition) is 2. The normalized spacial score (nSPS) is 12.6. The second-order valence-corrected chi connectivity index (χ2v) is 5.76. The third-order valence-corrected chi connectivity index (χ3v) is 3.40. The number of nitrogens with one attached hydrogen (secondary N) is 1. The van der Waals surface area contributed by atoms with Gasteiger partial charge in [-0.25, -0.2) is 8.78 Å². The summed E-state index contributed by atoms with van der Waals surface area (Å²) in [4.78, 5) is 11.2. The van der Waals surface area contributed by atoms with Crippen molar-refractivity contribution in [1.29, 1.82) is 0 Å². The summed E-state index contributed by atoms with van der Waals surface area (Å²) in [5.41, 5.74) is -0.226. The topological polar surface area (TPSA) is 62.5 Å². The Hall–Kier alpha value is -2.21. The van der Waals surface area contributed by atoms with Gasteiger partial charge in [-0.15, -0.1) is 0 Å². The molecule has 124 valence electrons. The average Bonchev–Trinajstić information content (AvgIpc) is 2.91. The lowest BCUT2D eigenvalue weighted by Crippen LogP contribution is -2.37. The standard InChI is InChI=1S/C17H19F2NO3/c1-10(2)8-14(17(21)22)20-9-11-6-7-15(23-11)16-12(18)4-3-5-13(16)19/h3-7,10,14,20H,8-9H2,1-2H3,(H,21,22)/t14-/m1/s1. The minimum Gasteiger partial charge on any atom is -0.480 e. The average molecular weight is 323 g/mol. The highest BCUT2D eigenvalue weighted by molar-refractivity contribution is 5.73. The minimum absolute atomic E-state index is 0.0770. The molecule has 2 rings (SSSR count). The van der Waals surface area contributed by atoms with Crippen LogP contribution in [-0.4, -0.2) is 17.1 Å². The first-order chi connectivity index (χ1) is 10.9. The zero-order valence-corrected chi connectivity index (χ0v) is 13.0. The number of carboxylic acid groups (broad SMARTS) is 1. The molecule has 0 aliphatic rings. The molecule has 2 N–H and O–H groups in total. The molecule has 0 aliphatic heterocycles. The van der Waals surface area contributed by atoms with Crippen LogP contribution < -0.4 is 5.32 Å². The van der Waals surface area contributed by atoms with E-state index in [1.165, 1.54) is 12.1 Å². The van der Waals surface area contributed by atoms with Gasteiger partial charge in [0.1, 0.15) is 29.2 Å². The van der Waals surface area contributed by atoms with Crippen LogP contribution in [0, 0.1) is 17.6 Å². The molecule has 0 bridgehead atoms. The Bertz CT molecular complexity index is 662. The fourth-order valence-corrected chi connectivity index (χ4v) is 2.31. The first-order valence-electron chi connectivity index (χ1n) is 7.37. The van der Waals surface area contributed by atoms with Crippen LogP contribution in [0.2, 0.25) is 0 Å². The highest BCUT2D eigenvalue weighted by Crippen LogP contribution is 2.27. The number of furan rings is 1. The molecule has 0 aliphatic carbocycles. The van der Waals surface area contributed by atoms with Gasteiger partial charge in [0.2, 0.25) is 0 Å². The summed E-state index contributed by atoms with van der Waals surface area (Å²) >= 11 is 0. The van der Waals surface area contributed by atoms with Crippen molar-refractivity contribution >= 4 is 5.97 Å². The van der Waals surface area contributed by atoms with E-state index in [-0.39, 0.29) is 23.8 Å². The Morgan fingerprint density at radius 1 is 1.22 bits per heavy atom. The Morgan fingerprint density at radius 2 is 1.87 bits per heavy atom. The molecular weight excluding hydrogens is 304 g/mol. The van der Waals surface area contributed by atoms with E-state index in [9.17, 15) is 13.6 Å². The van der Waals surface area contributed by atoms with E-state index in [1.807, 2.05) is 13.8 Å².